The summed E-state index contributed by atoms with van der Waals surface area (Å²) >= 11 is 0. The maximum Gasteiger partial charge on any atom is 0.416 e. The molecule has 0 fully saturated rings. The molecule has 26 heavy (non-hydrogen) atoms. The first-order valence-corrected chi connectivity index (χ1v) is 7.22. The summed E-state index contributed by atoms with van der Waals surface area (Å²) in [6.07, 6.45) is -2.95. The first-order valence-electron chi connectivity index (χ1n) is 7.22. The van der Waals surface area contributed by atoms with Crippen molar-refractivity contribution in [2.45, 2.75) is 6.18 Å². The number of nitrogens with two attached hydrogens (primary N) is 1. The van der Waals surface area contributed by atoms with E-state index in [-0.39, 0.29) is 11.7 Å². The van der Waals surface area contributed by atoms with Gasteiger partial charge in [0.05, 0.1) is 17.4 Å². The van der Waals surface area contributed by atoms with Crippen LogP contribution in [0.2, 0.25) is 0 Å². The van der Waals surface area contributed by atoms with Gasteiger partial charge in [0, 0.05) is 11.6 Å². The fourth-order valence-corrected chi connectivity index (χ4v) is 2.11. The second-order valence-corrected chi connectivity index (χ2v) is 5.19. The van der Waals surface area contributed by atoms with Crippen LogP contribution in [0, 0.1) is 0 Å². The van der Waals surface area contributed by atoms with E-state index in [1.165, 1.54) is 24.4 Å². The van der Waals surface area contributed by atoms with E-state index >= 15 is 0 Å². The molecule has 2 heterocycles. The topological polar surface area (TPSA) is 110 Å². The van der Waals surface area contributed by atoms with Gasteiger partial charge in [-0.25, -0.2) is 0 Å². The SMILES string of the molecule is NC(=NO)c1ccc(Nc2cc(-c3ccc(C(F)(F)F)cc3)no2)cn1. The van der Waals surface area contributed by atoms with Crippen molar-refractivity contribution in [3.05, 3.63) is 59.9 Å². The number of pyridine rings is 1. The van der Waals surface area contributed by atoms with Crippen molar-refractivity contribution in [2.75, 3.05) is 5.32 Å². The van der Waals surface area contributed by atoms with Gasteiger partial charge in [-0.05, 0) is 24.3 Å². The maximum absolute atomic E-state index is 12.6. The van der Waals surface area contributed by atoms with Crippen molar-refractivity contribution >= 4 is 17.4 Å². The molecule has 0 amide bonds. The van der Waals surface area contributed by atoms with Gasteiger partial charge in [0.1, 0.15) is 11.4 Å². The Morgan fingerprint density at radius 3 is 2.46 bits per heavy atom. The molecular weight excluding hydrogens is 351 g/mol. The molecule has 0 radical (unpaired) electrons. The number of benzene rings is 1. The number of aromatic nitrogens is 2. The molecular formula is C16H12F3N5O2. The van der Waals surface area contributed by atoms with E-state index < -0.39 is 11.7 Å². The number of nitrogens with zero attached hydrogens (tertiary/aromatic N) is 3. The van der Waals surface area contributed by atoms with E-state index in [0.29, 0.717) is 22.6 Å². The Labute approximate surface area is 144 Å². The number of amidine groups is 1. The molecule has 4 N–H and O–H groups in total. The van der Waals surface area contributed by atoms with Crippen LogP contribution in [0.4, 0.5) is 24.7 Å². The van der Waals surface area contributed by atoms with Crippen LogP contribution >= 0.6 is 0 Å². The Bertz CT molecular complexity index is 918. The lowest BCUT2D eigenvalue weighted by atomic mass is 10.1. The lowest BCUT2D eigenvalue weighted by molar-refractivity contribution is -0.137. The quantitative estimate of drug-likeness (QED) is 0.283. The lowest BCUT2D eigenvalue weighted by Crippen LogP contribution is -2.14. The molecule has 0 spiro atoms. The Kier molecular flexibility index (Phi) is 4.48. The largest absolute Gasteiger partial charge is 0.416 e. The molecule has 0 unspecified atom stereocenters. The van der Waals surface area contributed by atoms with Gasteiger partial charge in [-0.3, -0.25) is 4.98 Å². The van der Waals surface area contributed by atoms with Crippen LogP contribution in [0.1, 0.15) is 11.3 Å². The van der Waals surface area contributed by atoms with Crippen molar-refractivity contribution < 1.29 is 22.9 Å². The summed E-state index contributed by atoms with van der Waals surface area (Å²) < 4.78 is 42.9. The van der Waals surface area contributed by atoms with Crippen molar-refractivity contribution in [1.82, 2.24) is 10.1 Å². The van der Waals surface area contributed by atoms with Crippen molar-refractivity contribution in [2.24, 2.45) is 10.9 Å². The molecule has 0 bridgehead atoms. The normalized spacial score (nSPS) is 12.2. The van der Waals surface area contributed by atoms with Crippen LogP contribution in [0.5, 0.6) is 0 Å². The van der Waals surface area contributed by atoms with E-state index in [2.05, 4.69) is 20.6 Å². The van der Waals surface area contributed by atoms with E-state index in [1.54, 1.807) is 12.1 Å². The minimum Gasteiger partial charge on any atom is -0.409 e. The minimum absolute atomic E-state index is 0.124. The number of hydrogen-bond donors (Lipinski definition) is 3. The second kappa shape index (κ2) is 6.75. The van der Waals surface area contributed by atoms with Gasteiger partial charge >= 0.3 is 6.18 Å². The fraction of sp³-hybridized carbons (Fsp3) is 0.0625. The maximum atomic E-state index is 12.6. The molecule has 0 saturated heterocycles. The highest BCUT2D eigenvalue weighted by Gasteiger charge is 2.30. The third-order valence-corrected chi connectivity index (χ3v) is 3.42. The molecule has 7 nitrogen and oxygen atoms in total. The Morgan fingerprint density at radius 1 is 1.15 bits per heavy atom. The predicted octanol–water partition coefficient (Wildman–Crippen LogP) is 3.59. The van der Waals surface area contributed by atoms with E-state index in [4.69, 9.17) is 15.5 Å². The van der Waals surface area contributed by atoms with E-state index in [9.17, 15) is 13.2 Å². The molecule has 1 aromatic carbocycles. The summed E-state index contributed by atoms with van der Waals surface area (Å²) in [7, 11) is 0. The van der Waals surface area contributed by atoms with Gasteiger partial charge < -0.3 is 20.8 Å². The van der Waals surface area contributed by atoms with Crippen LogP contribution in [-0.4, -0.2) is 21.2 Å². The standard InChI is InChI=1S/C16H12F3N5O2/c17-16(18,19)10-3-1-9(2-4-10)13-7-14(26-24-13)22-11-5-6-12(21-8-11)15(20)23-25/h1-8,22,25H,(H2,20,23). The van der Waals surface area contributed by atoms with Crippen LogP contribution < -0.4 is 11.1 Å². The van der Waals surface area contributed by atoms with Gasteiger partial charge in [0.2, 0.25) is 5.88 Å². The van der Waals surface area contributed by atoms with Crippen LogP contribution in [-0.2, 0) is 6.18 Å². The number of rotatable bonds is 4. The van der Waals surface area contributed by atoms with Gasteiger partial charge in [0.25, 0.3) is 0 Å². The Morgan fingerprint density at radius 2 is 1.88 bits per heavy atom. The van der Waals surface area contributed by atoms with Crippen molar-refractivity contribution in [1.29, 1.82) is 0 Å². The summed E-state index contributed by atoms with van der Waals surface area (Å²) in [5.41, 5.74) is 6.39. The number of alkyl halides is 3. The zero-order valence-electron chi connectivity index (χ0n) is 13.0. The first kappa shape index (κ1) is 17.3. The number of nitrogens with one attached hydrogen (secondary N) is 1. The summed E-state index contributed by atoms with van der Waals surface area (Å²) in [5, 5.41) is 18.2. The molecule has 0 aliphatic heterocycles. The Balaban J connectivity index is 1.74. The summed E-state index contributed by atoms with van der Waals surface area (Å²) in [5.74, 6) is 0.152. The van der Waals surface area contributed by atoms with Gasteiger partial charge in [-0.15, -0.1) is 0 Å². The molecule has 0 atom stereocenters. The predicted molar refractivity (Wildman–Crippen MR) is 87.0 cm³/mol. The van der Waals surface area contributed by atoms with E-state index in [1.807, 2.05) is 0 Å². The number of halogens is 3. The molecule has 10 heteroatoms. The van der Waals surface area contributed by atoms with Gasteiger partial charge in [0.15, 0.2) is 5.84 Å². The third kappa shape index (κ3) is 3.74. The summed E-state index contributed by atoms with van der Waals surface area (Å²) in [4.78, 5) is 4.00. The van der Waals surface area contributed by atoms with Crippen molar-refractivity contribution in [3.63, 3.8) is 0 Å². The first-order chi connectivity index (χ1) is 12.4. The zero-order chi connectivity index (χ0) is 18.7. The molecule has 2 aromatic heterocycles. The average Bonchev–Trinajstić information content (AvgIpc) is 3.09. The second-order valence-electron chi connectivity index (χ2n) is 5.19. The van der Waals surface area contributed by atoms with Crippen LogP contribution in [0.3, 0.4) is 0 Å². The number of hydrogen-bond acceptors (Lipinski definition) is 6. The molecule has 3 aromatic rings. The van der Waals surface area contributed by atoms with Gasteiger partial charge in [-0.1, -0.05) is 22.4 Å². The number of oxime groups is 1. The zero-order valence-corrected chi connectivity index (χ0v) is 13.0. The highest BCUT2D eigenvalue weighted by Crippen LogP contribution is 2.31. The molecule has 134 valence electrons. The molecule has 3 rings (SSSR count). The number of anilines is 2. The van der Waals surface area contributed by atoms with E-state index in [0.717, 1.165) is 12.1 Å². The molecule has 0 aliphatic rings. The molecule has 0 aliphatic carbocycles. The summed E-state index contributed by atoms with van der Waals surface area (Å²) in [6.45, 7) is 0. The van der Waals surface area contributed by atoms with Crippen LogP contribution in [0.15, 0.2) is 58.3 Å². The monoisotopic (exact) mass is 363 g/mol. The van der Waals surface area contributed by atoms with Crippen LogP contribution in [0.25, 0.3) is 11.3 Å². The summed E-state index contributed by atoms with van der Waals surface area (Å²) in [6, 6.07) is 9.29. The Hall–Kier alpha value is -3.56. The average molecular weight is 363 g/mol. The molecule has 0 saturated carbocycles. The highest BCUT2D eigenvalue weighted by molar-refractivity contribution is 5.95. The fourth-order valence-electron chi connectivity index (χ4n) is 2.11. The lowest BCUT2D eigenvalue weighted by Gasteiger charge is -2.06. The smallest absolute Gasteiger partial charge is 0.409 e. The minimum atomic E-state index is -4.39. The third-order valence-electron chi connectivity index (χ3n) is 3.42. The van der Waals surface area contributed by atoms with Crippen molar-refractivity contribution in [3.8, 4) is 11.3 Å². The van der Waals surface area contributed by atoms with Gasteiger partial charge in [-0.2, -0.15) is 13.2 Å². The highest BCUT2D eigenvalue weighted by atomic mass is 19.4.